The molecule has 2 unspecified atom stereocenters. The summed E-state index contributed by atoms with van der Waals surface area (Å²) in [6.45, 7) is 2.35. The molecule has 2 fully saturated rings. The topological polar surface area (TPSA) is 32.3 Å². The van der Waals surface area contributed by atoms with E-state index in [0.29, 0.717) is 12.1 Å². The van der Waals surface area contributed by atoms with Crippen molar-refractivity contribution in [1.82, 2.24) is 10.2 Å². The van der Waals surface area contributed by atoms with Gasteiger partial charge in [0, 0.05) is 27.8 Å². The van der Waals surface area contributed by atoms with E-state index >= 15 is 0 Å². The highest BCUT2D eigenvalue weighted by atomic mass is 127. The molecule has 0 radical (unpaired) electrons. The summed E-state index contributed by atoms with van der Waals surface area (Å²) in [5.74, 6) is 0.0796. The van der Waals surface area contributed by atoms with Crippen LogP contribution in [-0.4, -0.2) is 36.0 Å². The predicted octanol–water partition coefficient (Wildman–Crippen LogP) is 2.65. The summed E-state index contributed by atoms with van der Waals surface area (Å²) in [6.07, 6.45) is 4.95. The van der Waals surface area contributed by atoms with Gasteiger partial charge in [-0.3, -0.25) is 9.69 Å². The third-order valence-corrected chi connectivity index (χ3v) is 4.93. The zero-order chi connectivity index (χ0) is 13.2. The van der Waals surface area contributed by atoms with E-state index in [0.717, 1.165) is 22.1 Å². The molecule has 1 aromatic carbocycles. The van der Waals surface area contributed by atoms with Crippen molar-refractivity contribution in [3.05, 3.63) is 33.4 Å². The van der Waals surface area contributed by atoms with Crippen LogP contribution in [0.4, 0.5) is 0 Å². The Morgan fingerprint density at radius 2 is 2.16 bits per heavy atom. The summed E-state index contributed by atoms with van der Waals surface area (Å²) in [5, 5.41) is 3.24. The van der Waals surface area contributed by atoms with Crippen molar-refractivity contribution in [2.24, 2.45) is 0 Å². The number of nitrogens with zero attached hydrogens (tertiary/aromatic N) is 1. The van der Waals surface area contributed by atoms with E-state index in [1.165, 1.54) is 25.8 Å². The zero-order valence-corrected chi connectivity index (χ0v) is 13.1. The molecule has 0 saturated carbocycles. The molecule has 0 aromatic heterocycles. The van der Waals surface area contributed by atoms with Crippen LogP contribution in [0.15, 0.2) is 24.3 Å². The lowest BCUT2D eigenvalue weighted by atomic mass is 9.99. The summed E-state index contributed by atoms with van der Waals surface area (Å²) >= 11 is 2.25. The van der Waals surface area contributed by atoms with E-state index in [9.17, 15) is 4.79 Å². The molecule has 0 aliphatic carbocycles. The second-order valence-corrected chi connectivity index (χ2v) is 6.72. The van der Waals surface area contributed by atoms with E-state index in [4.69, 9.17) is 0 Å². The Morgan fingerprint density at radius 3 is 3.00 bits per heavy atom. The highest BCUT2D eigenvalue weighted by molar-refractivity contribution is 14.1. The van der Waals surface area contributed by atoms with E-state index in [1.54, 1.807) is 0 Å². The number of amides is 1. The zero-order valence-electron chi connectivity index (χ0n) is 10.9. The normalized spacial score (nSPS) is 27.0. The maximum Gasteiger partial charge on any atom is 0.251 e. The van der Waals surface area contributed by atoms with E-state index in [-0.39, 0.29) is 5.91 Å². The molecule has 4 heteroatoms. The highest BCUT2D eigenvalue weighted by Gasteiger charge is 2.36. The second kappa shape index (κ2) is 5.79. The summed E-state index contributed by atoms with van der Waals surface area (Å²) in [7, 11) is 0. The van der Waals surface area contributed by atoms with Gasteiger partial charge in [0.25, 0.3) is 5.91 Å². The number of nitrogens with one attached hydrogen (secondary N) is 1. The van der Waals surface area contributed by atoms with Gasteiger partial charge in [0.1, 0.15) is 0 Å². The Bertz CT molecular complexity index is 477. The van der Waals surface area contributed by atoms with Crippen molar-refractivity contribution in [2.45, 2.75) is 37.8 Å². The minimum Gasteiger partial charge on any atom is -0.348 e. The lowest BCUT2D eigenvalue weighted by Gasteiger charge is -2.32. The van der Waals surface area contributed by atoms with Crippen LogP contribution in [0.2, 0.25) is 0 Å². The van der Waals surface area contributed by atoms with Gasteiger partial charge in [0.15, 0.2) is 0 Å². The third kappa shape index (κ3) is 2.94. The Labute approximate surface area is 127 Å². The van der Waals surface area contributed by atoms with Crippen molar-refractivity contribution in [1.29, 1.82) is 0 Å². The Morgan fingerprint density at radius 1 is 1.26 bits per heavy atom. The van der Waals surface area contributed by atoms with Crippen LogP contribution < -0.4 is 5.32 Å². The quantitative estimate of drug-likeness (QED) is 0.812. The van der Waals surface area contributed by atoms with Crippen LogP contribution in [-0.2, 0) is 0 Å². The second-order valence-electron chi connectivity index (χ2n) is 5.48. The Kier molecular flexibility index (Phi) is 4.07. The maximum absolute atomic E-state index is 12.3. The monoisotopic (exact) mass is 370 g/mol. The van der Waals surface area contributed by atoms with Crippen LogP contribution in [0.1, 0.15) is 36.0 Å². The lowest BCUT2D eigenvalue weighted by Crippen LogP contribution is -2.46. The van der Waals surface area contributed by atoms with Gasteiger partial charge in [-0.1, -0.05) is 12.5 Å². The molecule has 1 N–H and O–H groups in total. The molecule has 0 spiro atoms. The van der Waals surface area contributed by atoms with Gasteiger partial charge >= 0.3 is 0 Å². The first kappa shape index (κ1) is 13.4. The maximum atomic E-state index is 12.3. The minimum atomic E-state index is 0.0796. The molecule has 1 amide bonds. The number of halogens is 1. The molecular formula is C15H19IN2O. The first-order valence-corrected chi connectivity index (χ1v) is 8.12. The fourth-order valence-corrected chi connectivity index (χ4v) is 3.84. The summed E-state index contributed by atoms with van der Waals surface area (Å²) in [4.78, 5) is 14.8. The standard InChI is InChI=1S/C15H19IN2O/c16-12-5-3-4-11(10-12)15(19)17-13-7-9-18-8-2-1-6-14(13)18/h3-5,10,13-14H,1-2,6-9H2,(H,17,19). The largest absolute Gasteiger partial charge is 0.348 e. The molecule has 1 aromatic rings. The van der Waals surface area contributed by atoms with Gasteiger partial charge in [0.2, 0.25) is 0 Å². The summed E-state index contributed by atoms with van der Waals surface area (Å²) < 4.78 is 1.11. The van der Waals surface area contributed by atoms with Gasteiger partial charge in [-0.15, -0.1) is 0 Å². The number of carbonyl (C=O) groups is 1. The van der Waals surface area contributed by atoms with Crippen LogP contribution in [0.25, 0.3) is 0 Å². The van der Waals surface area contributed by atoms with Crippen molar-refractivity contribution in [3.8, 4) is 0 Å². The van der Waals surface area contributed by atoms with Crippen molar-refractivity contribution in [3.63, 3.8) is 0 Å². The first-order valence-electron chi connectivity index (χ1n) is 7.04. The summed E-state index contributed by atoms with van der Waals surface area (Å²) in [6, 6.07) is 8.70. The first-order chi connectivity index (χ1) is 9.24. The molecule has 2 saturated heterocycles. The fourth-order valence-electron chi connectivity index (χ4n) is 3.30. The number of piperidine rings is 1. The molecular weight excluding hydrogens is 351 g/mol. The van der Waals surface area contributed by atoms with E-state index in [1.807, 2.05) is 24.3 Å². The van der Waals surface area contributed by atoms with Crippen LogP contribution in [0, 0.1) is 3.57 Å². The van der Waals surface area contributed by atoms with E-state index in [2.05, 4.69) is 32.8 Å². The Balaban J connectivity index is 1.66. The van der Waals surface area contributed by atoms with E-state index < -0.39 is 0 Å². The average molecular weight is 370 g/mol. The number of hydrogen-bond acceptors (Lipinski definition) is 2. The molecule has 0 bridgehead atoms. The molecule has 2 aliphatic rings. The van der Waals surface area contributed by atoms with Gasteiger partial charge in [-0.2, -0.15) is 0 Å². The fraction of sp³-hybridized carbons (Fsp3) is 0.533. The molecule has 2 aliphatic heterocycles. The molecule has 3 rings (SSSR count). The number of carbonyl (C=O) groups excluding carboxylic acids is 1. The molecule has 2 heterocycles. The average Bonchev–Trinajstić information content (AvgIpc) is 2.82. The van der Waals surface area contributed by atoms with Gasteiger partial charge < -0.3 is 5.32 Å². The van der Waals surface area contributed by atoms with Crippen LogP contribution in [0.3, 0.4) is 0 Å². The SMILES string of the molecule is O=C(NC1CCN2CCCCC12)c1cccc(I)c1. The van der Waals surface area contributed by atoms with Crippen molar-refractivity contribution in [2.75, 3.05) is 13.1 Å². The molecule has 2 atom stereocenters. The Hall–Kier alpha value is -0.620. The van der Waals surface area contributed by atoms with Crippen LogP contribution in [0.5, 0.6) is 0 Å². The predicted molar refractivity (Wildman–Crippen MR) is 84.2 cm³/mol. The van der Waals surface area contributed by atoms with Gasteiger partial charge in [0.05, 0.1) is 0 Å². The number of hydrogen-bond donors (Lipinski definition) is 1. The van der Waals surface area contributed by atoms with Crippen molar-refractivity contribution >= 4 is 28.5 Å². The van der Waals surface area contributed by atoms with Crippen LogP contribution >= 0.6 is 22.6 Å². The van der Waals surface area contributed by atoms with Gasteiger partial charge in [-0.05, 0) is 66.6 Å². The van der Waals surface area contributed by atoms with Gasteiger partial charge in [-0.25, -0.2) is 0 Å². The smallest absolute Gasteiger partial charge is 0.251 e. The highest BCUT2D eigenvalue weighted by Crippen LogP contribution is 2.27. The van der Waals surface area contributed by atoms with Crippen molar-refractivity contribution < 1.29 is 4.79 Å². The number of benzene rings is 1. The minimum absolute atomic E-state index is 0.0796. The number of fused-ring (bicyclic) bond motifs is 1. The summed E-state index contributed by atoms with van der Waals surface area (Å²) in [5.41, 5.74) is 0.779. The lowest BCUT2D eigenvalue weighted by molar-refractivity contribution is 0.0915. The molecule has 19 heavy (non-hydrogen) atoms. The third-order valence-electron chi connectivity index (χ3n) is 4.26. The number of rotatable bonds is 2. The molecule has 3 nitrogen and oxygen atoms in total. The molecule has 102 valence electrons.